The number of ether oxygens (including phenoxy) is 2. The predicted octanol–water partition coefficient (Wildman–Crippen LogP) is 1.55. The summed E-state index contributed by atoms with van der Waals surface area (Å²) in [7, 11) is 3.29. The second kappa shape index (κ2) is 5.90. The number of nitrogens with zero attached hydrogens (tertiary/aromatic N) is 3. The molecule has 0 amide bonds. The summed E-state index contributed by atoms with van der Waals surface area (Å²) in [5.74, 6) is 0.931. The second-order valence-corrected chi connectivity index (χ2v) is 4.36. The zero-order chi connectivity index (χ0) is 13.8. The van der Waals surface area contributed by atoms with Gasteiger partial charge in [-0.3, -0.25) is 4.68 Å². The zero-order valence-corrected chi connectivity index (χ0v) is 11.4. The van der Waals surface area contributed by atoms with Crippen molar-refractivity contribution < 1.29 is 14.6 Å². The summed E-state index contributed by atoms with van der Waals surface area (Å²) in [4.78, 5) is 0. The van der Waals surface area contributed by atoms with E-state index in [9.17, 15) is 5.11 Å². The van der Waals surface area contributed by atoms with Gasteiger partial charge in [-0.15, -0.1) is 5.10 Å². The van der Waals surface area contributed by atoms with Gasteiger partial charge in [0.15, 0.2) is 11.5 Å². The first kappa shape index (κ1) is 13.6. The first-order valence-corrected chi connectivity index (χ1v) is 5.97. The molecule has 2 aromatic rings. The lowest BCUT2D eigenvalue weighted by molar-refractivity contribution is 0.248. The van der Waals surface area contributed by atoms with E-state index >= 15 is 0 Å². The van der Waals surface area contributed by atoms with Crippen LogP contribution in [0.2, 0.25) is 5.02 Å². The fourth-order valence-electron chi connectivity index (χ4n) is 1.66. The maximum absolute atomic E-state index is 9.34. The highest BCUT2D eigenvalue weighted by Crippen LogP contribution is 2.35. The van der Waals surface area contributed by atoms with E-state index in [4.69, 9.17) is 21.1 Å². The molecule has 0 aliphatic rings. The van der Waals surface area contributed by atoms with Crippen LogP contribution >= 0.6 is 11.6 Å². The zero-order valence-electron chi connectivity index (χ0n) is 10.6. The van der Waals surface area contributed by atoms with Gasteiger partial charge in [-0.1, -0.05) is 16.8 Å². The van der Waals surface area contributed by atoms with Crippen molar-refractivity contribution in [3.63, 3.8) is 0 Å². The molecule has 102 valence electrons. The van der Waals surface area contributed by atoms with E-state index in [-0.39, 0.29) is 13.2 Å². The standard InChI is InChI=1S/C12H14ClN3O3/c1-16-5-10(14-15-16)7-19-12-8(6-17)3-9(13)4-11(12)18-2/h3-5,17H,6-7H2,1-2H3. The molecule has 0 saturated heterocycles. The summed E-state index contributed by atoms with van der Waals surface area (Å²) in [5, 5.41) is 17.5. The Morgan fingerprint density at radius 3 is 2.79 bits per heavy atom. The first-order chi connectivity index (χ1) is 9.13. The van der Waals surface area contributed by atoms with Gasteiger partial charge in [0, 0.05) is 23.7 Å². The number of hydrogen-bond acceptors (Lipinski definition) is 5. The molecule has 0 radical (unpaired) electrons. The van der Waals surface area contributed by atoms with Crippen LogP contribution in [0.25, 0.3) is 0 Å². The highest BCUT2D eigenvalue weighted by molar-refractivity contribution is 6.30. The topological polar surface area (TPSA) is 69.4 Å². The monoisotopic (exact) mass is 283 g/mol. The van der Waals surface area contributed by atoms with Crippen molar-refractivity contribution in [2.24, 2.45) is 7.05 Å². The van der Waals surface area contributed by atoms with Gasteiger partial charge in [-0.2, -0.15) is 0 Å². The van der Waals surface area contributed by atoms with E-state index in [0.29, 0.717) is 27.8 Å². The Balaban J connectivity index is 2.23. The van der Waals surface area contributed by atoms with E-state index in [2.05, 4.69) is 10.3 Å². The Bertz CT molecular complexity index is 546. The number of aliphatic hydroxyl groups excluding tert-OH is 1. The molecular weight excluding hydrogens is 270 g/mol. The molecular formula is C12H14ClN3O3. The van der Waals surface area contributed by atoms with Crippen LogP contribution in [0.15, 0.2) is 18.3 Å². The first-order valence-electron chi connectivity index (χ1n) is 5.59. The number of hydrogen-bond donors (Lipinski definition) is 1. The molecule has 1 aromatic heterocycles. The van der Waals surface area contributed by atoms with E-state index in [0.717, 1.165) is 0 Å². The molecule has 1 N–H and O–H groups in total. The maximum atomic E-state index is 9.34. The fraction of sp³-hybridized carbons (Fsp3) is 0.333. The van der Waals surface area contributed by atoms with E-state index in [1.54, 1.807) is 30.1 Å². The van der Waals surface area contributed by atoms with Crippen LogP contribution in [-0.2, 0) is 20.3 Å². The lowest BCUT2D eigenvalue weighted by atomic mass is 10.2. The third-order valence-corrected chi connectivity index (χ3v) is 2.72. The van der Waals surface area contributed by atoms with Gasteiger partial charge in [0.05, 0.1) is 19.9 Å². The van der Waals surface area contributed by atoms with Gasteiger partial charge in [0.25, 0.3) is 0 Å². The molecule has 0 atom stereocenters. The largest absolute Gasteiger partial charge is 0.493 e. The molecule has 19 heavy (non-hydrogen) atoms. The number of aliphatic hydroxyl groups is 1. The average molecular weight is 284 g/mol. The lowest BCUT2D eigenvalue weighted by Gasteiger charge is -2.13. The van der Waals surface area contributed by atoms with Crippen LogP contribution in [0.3, 0.4) is 0 Å². The molecule has 2 rings (SSSR count). The number of halogens is 1. The van der Waals surface area contributed by atoms with E-state index in [1.807, 2.05) is 0 Å². The smallest absolute Gasteiger partial charge is 0.167 e. The van der Waals surface area contributed by atoms with Crippen molar-refractivity contribution in [2.75, 3.05) is 7.11 Å². The number of aromatic nitrogens is 3. The van der Waals surface area contributed by atoms with Crippen LogP contribution < -0.4 is 9.47 Å². The molecule has 1 aromatic carbocycles. The summed E-state index contributed by atoms with van der Waals surface area (Å²) in [5.41, 5.74) is 1.25. The van der Waals surface area contributed by atoms with Gasteiger partial charge in [0.2, 0.25) is 0 Å². The predicted molar refractivity (Wildman–Crippen MR) is 69.3 cm³/mol. The van der Waals surface area contributed by atoms with Gasteiger partial charge < -0.3 is 14.6 Å². The highest BCUT2D eigenvalue weighted by Gasteiger charge is 2.13. The van der Waals surface area contributed by atoms with E-state index in [1.165, 1.54) is 7.11 Å². The third-order valence-electron chi connectivity index (χ3n) is 2.50. The molecule has 0 aliphatic carbocycles. The Morgan fingerprint density at radius 1 is 1.42 bits per heavy atom. The van der Waals surface area contributed by atoms with Crippen LogP contribution in [0, 0.1) is 0 Å². The van der Waals surface area contributed by atoms with Crippen LogP contribution in [0.1, 0.15) is 11.3 Å². The lowest BCUT2D eigenvalue weighted by Crippen LogP contribution is -2.02. The Hall–Kier alpha value is -1.79. The fourth-order valence-corrected chi connectivity index (χ4v) is 1.89. The van der Waals surface area contributed by atoms with Crippen molar-refractivity contribution in [2.45, 2.75) is 13.2 Å². The average Bonchev–Trinajstić information content (AvgIpc) is 2.81. The minimum absolute atomic E-state index is 0.188. The van der Waals surface area contributed by atoms with Gasteiger partial charge in [-0.05, 0) is 6.07 Å². The van der Waals surface area contributed by atoms with Gasteiger partial charge in [-0.25, -0.2) is 0 Å². The molecule has 0 fully saturated rings. The Kier molecular flexibility index (Phi) is 4.24. The molecule has 0 spiro atoms. The second-order valence-electron chi connectivity index (χ2n) is 3.93. The molecule has 0 bridgehead atoms. The molecule has 1 heterocycles. The number of rotatable bonds is 5. The summed E-state index contributed by atoms with van der Waals surface area (Å²) < 4.78 is 12.4. The number of methoxy groups -OCH3 is 1. The quantitative estimate of drug-likeness (QED) is 0.901. The minimum Gasteiger partial charge on any atom is -0.493 e. The third kappa shape index (κ3) is 3.15. The van der Waals surface area contributed by atoms with Crippen molar-refractivity contribution in [3.8, 4) is 11.5 Å². The number of benzene rings is 1. The number of aryl methyl sites for hydroxylation is 1. The Labute approximate surface area is 115 Å². The van der Waals surface area contributed by atoms with Gasteiger partial charge in [0.1, 0.15) is 12.3 Å². The van der Waals surface area contributed by atoms with Crippen molar-refractivity contribution in [1.82, 2.24) is 15.0 Å². The van der Waals surface area contributed by atoms with Crippen molar-refractivity contribution >= 4 is 11.6 Å². The van der Waals surface area contributed by atoms with E-state index < -0.39 is 0 Å². The Morgan fingerprint density at radius 2 is 2.21 bits per heavy atom. The van der Waals surface area contributed by atoms with Gasteiger partial charge >= 0.3 is 0 Å². The molecule has 0 aliphatic heterocycles. The minimum atomic E-state index is -0.188. The maximum Gasteiger partial charge on any atom is 0.167 e. The summed E-state index contributed by atoms with van der Waals surface area (Å²) in [6, 6.07) is 3.27. The van der Waals surface area contributed by atoms with Crippen molar-refractivity contribution in [3.05, 3.63) is 34.6 Å². The van der Waals surface area contributed by atoms with Crippen LogP contribution in [-0.4, -0.2) is 27.2 Å². The molecule has 0 saturated carbocycles. The molecule has 7 heteroatoms. The summed E-state index contributed by atoms with van der Waals surface area (Å²) in [6.07, 6.45) is 1.75. The molecule has 6 nitrogen and oxygen atoms in total. The normalized spacial score (nSPS) is 10.5. The van der Waals surface area contributed by atoms with Crippen LogP contribution in [0.5, 0.6) is 11.5 Å². The summed E-state index contributed by atoms with van der Waals surface area (Å²) in [6.45, 7) is 0.0472. The SMILES string of the molecule is COc1cc(Cl)cc(CO)c1OCc1cn(C)nn1. The highest BCUT2D eigenvalue weighted by atomic mass is 35.5. The van der Waals surface area contributed by atoms with Crippen molar-refractivity contribution in [1.29, 1.82) is 0 Å². The summed E-state index contributed by atoms with van der Waals surface area (Å²) >= 11 is 5.93. The molecule has 0 unspecified atom stereocenters. The van der Waals surface area contributed by atoms with Crippen LogP contribution in [0.4, 0.5) is 0 Å².